The number of rotatable bonds is 4. The first kappa shape index (κ1) is 15.0. The summed E-state index contributed by atoms with van der Waals surface area (Å²) >= 11 is 0. The number of para-hydroxylation sites is 1. The molecule has 4 nitrogen and oxygen atoms in total. The molecule has 1 aliphatic heterocycles. The number of ether oxygens (including phenoxy) is 2. The van der Waals surface area contributed by atoms with Gasteiger partial charge >= 0.3 is 5.97 Å². The summed E-state index contributed by atoms with van der Waals surface area (Å²) in [5, 5.41) is 0. The average Bonchev–Trinajstić information content (AvgIpc) is 2.91. The van der Waals surface area contributed by atoms with Crippen LogP contribution in [0.4, 0.5) is 0 Å². The number of carbonyl (C=O) groups is 1. The Bertz CT molecular complexity index is 789. The van der Waals surface area contributed by atoms with E-state index in [1.54, 1.807) is 6.08 Å². The average molecular weight is 307 g/mol. The fourth-order valence-corrected chi connectivity index (χ4v) is 2.26. The molecule has 4 heteroatoms. The second-order valence-corrected chi connectivity index (χ2v) is 5.17. The van der Waals surface area contributed by atoms with Crippen LogP contribution in [0.2, 0.25) is 0 Å². The minimum atomic E-state index is -0.452. The zero-order valence-corrected chi connectivity index (χ0v) is 13.1. The van der Waals surface area contributed by atoms with E-state index in [1.165, 1.54) is 0 Å². The zero-order valence-electron chi connectivity index (χ0n) is 13.1. The molecule has 0 radical (unpaired) electrons. The Morgan fingerprint density at radius 3 is 2.61 bits per heavy atom. The molecular formula is C19H17NO3. The number of benzene rings is 2. The number of hydrogen-bond acceptors (Lipinski definition) is 4. The van der Waals surface area contributed by atoms with Gasteiger partial charge in [0.15, 0.2) is 5.70 Å². The van der Waals surface area contributed by atoms with Crippen molar-refractivity contribution in [3.63, 3.8) is 0 Å². The Labute approximate surface area is 135 Å². The fourth-order valence-electron chi connectivity index (χ4n) is 2.26. The predicted octanol–water partition coefficient (Wildman–Crippen LogP) is 3.74. The molecule has 0 fully saturated rings. The van der Waals surface area contributed by atoms with E-state index in [-0.39, 0.29) is 5.70 Å². The van der Waals surface area contributed by atoms with Gasteiger partial charge in [0.25, 0.3) is 0 Å². The zero-order chi connectivity index (χ0) is 16.2. The number of nitrogens with zero attached hydrogens (tertiary/aromatic N) is 1. The lowest BCUT2D eigenvalue weighted by Gasteiger charge is -2.06. The van der Waals surface area contributed by atoms with Crippen LogP contribution in [0.5, 0.6) is 5.75 Å². The number of aryl methyl sites for hydroxylation is 1. The highest BCUT2D eigenvalue weighted by atomic mass is 16.6. The SMILES string of the molecule is CCOc1ccccc1/C=C1\N=C(c2ccc(C)cc2)OC1=O. The molecule has 0 amide bonds. The molecule has 0 aromatic heterocycles. The van der Waals surface area contributed by atoms with Crippen LogP contribution in [0, 0.1) is 6.92 Å². The highest BCUT2D eigenvalue weighted by Crippen LogP contribution is 2.24. The van der Waals surface area contributed by atoms with Crippen LogP contribution in [0.3, 0.4) is 0 Å². The van der Waals surface area contributed by atoms with Crippen LogP contribution in [0.1, 0.15) is 23.6 Å². The first-order valence-electron chi connectivity index (χ1n) is 7.49. The second-order valence-electron chi connectivity index (χ2n) is 5.17. The quantitative estimate of drug-likeness (QED) is 0.638. The lowest BCUT2D eigenvalue weighted by Crippen LogP contribution is -2.05. The molecule has 0 atom stereocenters. The third-order valence-corrected chi connectivity index (χ3v) is 3.43. The van der Waals surface area contributed by atoms with Gasteiger partial charge in [-0.25, -0.2) is 9.79 Å². The van der Waals surface area contributed by atoms with Crippen LogP contribution in [-0.4, -0.2) is 18.5 Å². The molecule has 1 aliphatic rings. The summed E-state index contributed by atoms with van der Waals surface area (Å²) in [6.07, 6.45) is 1.69. The fraction of sp³-hybridized carbons (Fsp3) is 0.158. The van der Waals surface area contributed by atoms with Crippen LogP contribution in [-0.2, 0) is 9.53 Å². The van der Waals surface area contributed by atoms with Crippen molar-refractivity contribution in [1.82, 2.24) is 0 Å². The van der Waals surface area contributed by atoms with Gasteiger partial charge in [0.2, 0.25) is 5.90 Å². The van der Waals surface area contributed by atoms with Crippen molar-refractivity contribution in [2.24, 2.45) is 4.99 Å². The summed E-state index contributed by atoms with van der Waals surface area (Å²) in [5.74, 6) is 0.594. The molecule has 0 N–H and O–H groups in total. The molecule has 0 saturated carbocycles. The van der Waals surface area contributed by atoms with E-state index in [2.05, 4.69) is 4.99 Å². The van der Waals surface area contributed by atoms with Crippen molar-refractivity contribution in [1.29, 1.82) is 0 Å². The minimum absolute atomic E-state index is 0.271. The van der Waals surface area contributed by atoms with Gasteiger partial charge in [-0.3, -0.25) is 0 Å². The first-order chi connectivity index (χ1) is 11.2. The van der Waals surface area contributed by atoms with Crippen molar-refractivity contribution >= 4 is 17.9 Å². The van der Waals surface area contributed by atoms with Crippen LogP contribution in [0.25, 0.3) is 6.08 Å². The normalized spacial score (nSPS) is 15.5. The number of esters is 1. The Morgan fingerprint density at radius 2 is 1.87 bits per heavy atom. The van der Waals surface area contributed by atoms with E-state index in [0.717, 1.165) is 16.7 Å². The molecule has 2 aromatic carbocycles. The van der Waals surface area contributed by atoms with Gasteiger partial charge in [0, 0.05) is 11.1 Å². The van der Waals surface area contributed by atoms with Crippen molar-refractivity contribution in [2.45, 2.75) is 13.8 Å². The molecule has 0 unspecified atom stereocenters. The number of cyclic esters (lactones) is 1. The summed E-state index contributed by atoms with van der Waals surface area (Å²) in [6.45, 7) is 4.48. The summed E-state index contributed by atoms with van der Waals surface area (Å²) in [4.78, 5) is 16.4. The topological polar surface area (TPSA) is 47.9 Å². The number of aliphatic imine (C=N–C) groups is 1. The molecule has 23 heavy (non-hydrogen) atoms. The maximum absolute atomic E-state index is 12.1. The molecule has 0 spiro atoms. The molecule has 116 valence electrons. The molecule has 0 saturated heterocycles. The van der Waals surface area contributed by atoms with Crippen LogP contribution < -0.4 is 4.74 Å². The molecule has 0 bridgehead atoms. The Balaban J connectivity index is 1.94. The Hall–Kier alpha value is -2.88. The van der Waals surface area contributed by atoms with Crippen LogP contribution in [0.15, 0.2) is 59.2 Å². The highest BCUT2D eigenvalue weighted by Gasteiger charge is 2.24. The molecule has 2 aromatic rings. The van der Waals surface area contributed by atoms with Gasteiger partial charge in [-0.2, -0.15) is 0 Å². The van der Waals surface area contributed by atoms with Crippen molar-refractivity contribution in [3.05, 3.63) is 70.9 Å². The first-order valence-corrected chi connectivity index (χ1v) is 7.49. The van der Waals surface area contributed by atoms with Gasteiger partial charge in [0.1, 0.15) is 5.75 Å². The Morgan fingerprint density at radius 1 is 1.13 bits per heavy atom. The predicted molar refractivity (Wildman–Crippen MR) is 89.4 cm³/mol. The van der Waals surface area contributed by atoms with E-state index >= 15 is 0 Å². The minimum Gasteiger partial charge on any atom is -0.493 e. The van der Waals surface area contributed by atoms with Crippen LogP contribution >= 0.6 is 0 Å². The summed E-state index contributed by atoms with van der Waals surface area (Å²) in [5.41, 5.74) is 2.99. The van der Waals surface area contributed by atoms with E-state index < -0.39 is 5.97 Å². The lowest BCUT2D eigenvalue weighted by atomic mass is 10.1. The molecule has 1 heterocycles. The summed E-state index contributed by atoms with van der Waals surface area (Å²) < 4.78 is 10.8. The van der Waals surface area contributed by atoms with Gasteiger partial charge < -0.3 is 9.47 Å². The van der Waals surface area contributed by atoms with E-state index in [9.17, 15) is 4.79 Å². The smallest absolute Gasteiger partial charge is 0.363 e. The second kappa shape index (κ2) is 6.48. The van der Waals surface area contributed by atoms with Crippen molar-refractivity contribution in [3.8, 4) is 5.75 Å². The Kier molecular flexibility index (Phi) is 4.24. The van der Waals surface area contributed by atoms with Gasteiger partial charge in [-0.05, 0) is 38.1 Å². The third-order valence-electron chi connectivity index (χ3n) is 3.43. The standard InChI is InChI=1S/C19H17NO3/c1-3-22-17-7-5-4-6-15(17)12-16-19(21)23-18(20-16)14-10-8-13(2)9-11-14/h4-12H,3H2,1-2H3/b16-12-. The monoisotopic (exact) mass is 307 g/mol. The van der Waals surface area contributed by atoms with Gasteiger partial charge in [-0.1, -0.05) is 35.9 Å². The number of carbonyl (C=O) groups excluding carboxylic acids is 1. The largest absolute Gasteiger partial charge is 0.493 e. The lowest BCUT2D eigenvalue weighted by molar-refractivity contribution is -0.129. The van der Waals surface area contributed by atoms with E-state index in [1.807, 2.05) is 62.4 Å². The van der Waals surface area contributed by atoms with Crippen molar-refractivity contribution in [2.75, 3.05) is 6.61 Å². The summed E-state index contributed by atoms with van der Waals surface area (Å²) in [6, 6.07) is 15.2. The van der Waals surface area contributed by atoms with Gasteiger partial charge in [0.05, 0.1) is 6.61 Å². The molecule has 3 rings (SSSR count). The van der Waals surface area contributed by atoms with Crippen molar-refractivity contribution < 1.29 is 14.3 Å². The number of hydrogen-bond donors (Lipinski definition) is 0. The molecule has 0 aliphatic carbocycles. The van der Waals surface area contributed by atoms with Gasteiger partial charge in [-0.15, -0.1) is 0 Å². The third kappa shape index (κ3) is 3.31. The molecular weight excluding hydrogens is 290 g/mol. The summed E-state index contributed by atoms with van der Waals surface area (Å²) in [7, 11) is 0. The maximum Gasteiger partial charge on any atom is 0.363 e. The van der Waals surface area contributed by atoms with E-state index in [0.29, 0.717) is 18.3 Å². The van der Waals surface area contributed by atoms with E-state index in [4.69, 9.17) is 9.47 Å². The maximum atomic E-state index is 12.1. The highest BCUT2D eigenvalue weighted by molar-refractivity contribution is 6.12.